The van der Waals surface area contributed by atoms with Gasteiger partial charge in [0.15, 0.2) is 5.38 Å². The average Bonchev–Trinajstić information content (AvgIpc) is 2.49. The van der Waals surface area contributed by atoms with Crippen molar-refractivity contribution in [3.05, 3.63) is 0 Å². The first-order valence-corrected chi connectivity index (χ1v) is 8.28. The molecule has 1 atom stereocenters. The van der Waals surface area contributed by atoms with Crippen LogP contribution in [0, 0.1) is 0 Å². The first-order chi connectivity index (χ1) is 10.3. The molecule has 0 saturated heterocycles. The highest BCUT2D eigenvalue weighted by Gasteiger charge is 2.23. The molecule has 1 N–H and O–H groups in total. The van der Waals surface area contributed by atoms with Gasteiger partial charge in [-0.25, -0.2) is 5.43 Å². The molecule has 0 aliphatic carbocycles. The van der Waals surface area contributed by atoms with Crippen LogP contribution >= 0.6 is 11.6 Å². The Bertz CT molecular complexity index is 359. The van der Waals surface area contributed by atoms with Gasteiger partial charge in [-0.1, -0.05) is 39.0 Å². The number of hydrazone groups is 1. The van der Waals surface area contributed by atoms with E-state index in [0.717, 1.165) is 19.4 Å². The number of amides is 1. The molecule has 0 aromatic rings. The summed E-state index contributed by atoms with van der Waals surface area (Å²) in [4.78, 5) is 15.5. The number of rotatable bonds is 11. The number of nitrogens with zero attached hydrogens (tertiary/aromatic N) is 2. The van der Waals surface area contributed by atoms with Gasteiger partial charge in [0.2, 0.25) is 0 Å². The molecule has 120 valence electrons. The smallest absolute Gasteiger partial charge is 0.264 e. The molecule has 0 bridgehead atoms. The monoisotopic (exact) mass is 315 g/mol. The minimum Gasteiger partial charge on any atom is -0.381 e. The Balaban J connectivity index is 1.96. The maximum Gasteiger partial charge on any atom is 0.264 e. The molecule has 1 rings (SSSR count). The zero-order chi connectivity index (χ0) is 15.3. The van der Waals surface area contributed by atoms with Crippen molar-refractivity contribution >= 4 is 29.4 Å². The normalized spacial score (nSPS) is 20.0. The quantitative estimate of drug-likeness (QED) is 0.470. The van der Waals surface area contributed by atoms with Crippen LogP contribution < -0.4 is 5.43 Å². The molecule has 1 aliphatic heterocycles. The summed E-state index contributed by atoms with van der Waals surface area (Å²) in [5.74, 6) is -0.322. The van der Waals surface area contributed by atoms with Crippen molar-refractivity contribution in [1.29, 1.82) is 0 Å². The molecule has 0 radical (unpaired) electrons. The highest BCUT2D eigenvalue weighted by molar-refractivity contribution is 6.54. The van der Waals surface area contributed by atoms with Gasteiger partial charge < -0.3 is 4.74 Å². The van der Waals surface area contributed by atoms with E-state index in [4.69, 9.17) is 16.3 Å². The summed E-state index contributed by atoms with van der Waals surface area (Å²) in [5.41, 5.74) is 2.82. The van der Waals surface area contributed by atoms with E-state index in [1.54, 1.807) is 0 Å². The largest absolute Gasteiger partial charge is 0.381 e. The molecule has 1 aliphatic rings. The third-order valence-electron chi connectivity index (χ3n) is 3.24. The van der Waals surface area contributed by atoms with Gasteiger partial charge in [0.1, 0.15) is 0 Å². The lowest BCUT2D eigenvalue weighted by Crippen LogP contribution is -2.39. The van der Waals surface area contributed by atoms with Gasteiger partial charge in [0.05, 0.1) is 11.9 Å². The van der Waals surface area contributed by atoms with E-state index >= 15 is 0 Å². The van der Waals surface area contributed by atoms with Gasteiger partial charge in [-0.3, -0.25) is 9.79 Å². The van der Waals surface area contributed by atoms with Gasteiger partial charge in [0.25, 0.3) is 5.91 Å². The van der Waals surface area contributed by atoms with Crippen molar-refractivity contribution in [2.75, 3.05) is 19.8 Å². The lowest BCUT2D eigenvalue weighted by atomic mass is 10.1. The Morgan fingerprint density at radius 3 is 2.76 bits per heavy atom. The molecule has 21 heavy (non-hydrogen) atoms. The second kappa shape index (κ2) is 11.7. The molecule has 6 heteroatoms. The van der Waals surface area contributed by atoms with E-state index in [2.05, 4.69) is 22.4 Å². The Morgan fingerprint density at radius 2 is 1.95 bits per heavy atom. The van der Waals surface area contributed by atoms with Gasteiger partial charge >= 0.3 is 0 Å². The standard InChI is InChI=1S/C15H26ClN3O2/c1-2-3-4-5-6-7-10-21-11-8-9-17-13-12-18-19-15(20)14(13)16/h12,14H,2-11H2,1H3,(H,19,20). The Morgan fingerprint density at radius 1 is 1.24 bits per heavy atom. The predicted molar refractivity (Wildman–Crippen MR) is 87.4 cm³/mol. The molecule has 1 heterocycles. The summed E-state index contributed by atoms with van der Waals surface area (Å²) in [5, 5.41) is 2.96. The molecule has 0 saturated carbocycles. The summed E-state index contributed by atoms with van der Waals surface area (Å²) in [7, 11) is 0. The van der Waals surface area contributed by atoms with Gasteiger partial charge in [0, 0.05) is 19.8 Å². The minimum absolute atomic E-state index is 0.322. The van der Waals surface area contributed by atoms with E-state index in [-0.39, 0.29) is 5.91 Å². The third kappa shape index (κ3) is 8.17. The Hall–Kier alpha value is -0.940. The summed E-state index contributed by atoms with van der Waals surface area (Å²) >= 11 is 5.90. The number of hydrogen-bond donors (Lipinski definition) is 1. The van der Waals surface area contributed by atoms with Gasteiger partial charge in [-0.15, -0.1) is 11.6 Å². The number of nitrogens with one attached hydrogen (secondary N) is 1. The topological polar surface area (TPSA) is 63.1 Å². The zero-order valence-electron chi connectivity index (χ0n) is 12.8. The van der Waals surface area contributed by atoms with Crippen LogP contribution in [0.4, 0.5) is 0 Å². The fraction of sp³-hybridized carbons (Fsp3) is 0.800. The number of halogens is 1. The average molecular weight is 316 g/mol. The highest BCUT2D eigenvalue weighted by Crippen LogP contribution is 2.05. The first-order valence-electron chi connectivity index (χ1n) is 7.84. The lowest BCUT2D eigenvalue weighted by Gasteiger charge is -2.12. The maximum absolute atomic E-state index is 11.2. The van der Waals surface area contributed by atoms with E-state index in [1.807, 2.05) is 0 Å². The lowest BCUT2D eigenvalue weighted by molar-refractivity contribution is -0.119. The summed E-state index contributed by atoms with van der Waals surface area (Å²) in [6.07, 6.45) is 9.98. The minimum atomic E-state index is -0.730. The van der Waals surface area contributed by atoms with Crippen molar-refractivity contribution in [2.45, 2.75) is 57.2 Å². The van der Waals surface area contributed by atoms with Gasteiger partial charge in [-0.2, -0.15) is 5.10 Å². The van der Waals surface area contributed by atoms with Crippen LogP contribution in [0.5, 0.6) is 0 Å². The van der Waals surface area contributed by atoms with Gasteiger partial charge in [-0.05, 0) is 12.8 Å². The van der Waals surface area contributed by atoms with Crippen LogP contribution in [-0.2, 0) is 9.53 Å². The van der Waals surface area contributed by atoms with Crippen LogP contribution in [0.25, 0.3) is 0 Å². The number of ether oxygens (including phenoxy) is 1. The molecule has 1 unspecified atom stereocenters. The highest BCUT2D eigenvalue weighted by atomic mass is 35.5. The van der Waals surface area contributed by atoms with Crippen molar-refractivity contribution in [3.8, 4) is 0 Å². The summed E-state index contributed by atoms with van der Waals surface area (Å²) in [6, 6.07) is 0. The fourth-order valence-corrected chi connectivity index (χ4v) is 2.17. The third-order valence-corrected chi connectivity index (χ3v) is 3.67. The molecule has 0 aromatic carbocycles. The molecule has 5 nitrogen and oxygen atoms in total. The first kappa shape index (κ1) is 18.1. The maximum atomic E-state index is 11.2. The number of carbonyl (C=O) groups is 1. The summed E-state index contributed by atoms with van der Waals surface area (Å²) < 4.78 is 5.56. The molecular weight excluding hydrogens is 290 g/mol. The summed E-state index contributed by atoms with van der Waals surface area (Å²) in [6.45, 7) is 4.35. The Labute approximate surface area is 132 Å². The van der Waals surface area contributed by atoms with Crippen LogP contribution in [0.1, 0.15) is 51.9 Å². The van der Waals surface area contributed by atoms with Crippen molar-refractivity contribution in [3.63, 3.8) is 0 Å². The second-order valence-electron chi connectivity index (χ2n) is 5.14. The number of hydrogen-bond acceptors (Lipinski definition) is 4. The number of aliphatic imine (C=N–C) groups is 1. The molecule has 0 spiro atoms. The van der Waals surface area contributed by atoms with Crippen LogP contribution in [-0.4, -0.2) is 43.0 Å². The van der Waals surface area contributed by atoms with E-state index in [1.165, 1.54) is 38.3 Å². The van der Waals surface area contributed by atoms with Crippen LogP contribution in [0.2, 0.25) is 0 Å². The zero-order valence-corrected chi connectivity index (χ0v) is 13.6. The second-order valence-corrected chi connectivity index (χ2v) is 5.57. The van der Waals surface area contributed by atoms with Crippen molar-refractivity contribution < 1.29 is 9.53 Å². The van der Waals surface area contributed by atoms with Crippen LogP contribution in [0.3, 0.4) is 0 Å². The van der Waals surface area contributed by atoms with Crippen molar-refractivity contribution in [2.24, 2.45) is 10.1 Å². The number of carbonyl (C=O) groups excluding carboxylic acids is 1. The predicted octanol–water partition coefficient (Wildman–Crippen LogP) is 2.92. The Kier molecular flexibility index (Phi) is 10.1. The van der Waals surface area contributed by atoms with Crippen LogP contribution in [0.15, 0.2) is 10.1 Å². The van der Waals surface area contributed by atoms with Crippen molar-refractivity contribution in [1.82, 2.24) is 5.43 Å². The number of alkyl halides is 1. The fourth-order valence-electron chi connectivity index (χ4n) is 2.00. The van der Waals surface area contributed by atoms with E-state index in [0.29, 0.717) is 18.9 Å². The SMILES string of the molecule is CCCCCCCCOCCCN=C1C=NNC(=O)C1Cl. The molecule has 1 amide bonds. The molecule has 0 aromatic heterocycles. The number of unbranched alkanes of at least 4 members (excludes halogenated alkanes) is 5. The molecular formula is C15H26ClN3O2. The molecule has 0 fully saturated rings. The van der Waals surface area contributed by atoms with E-state index < -0.39 is 5.38 Å². The van der Waals surface area contributed by atoms with E-state index in [9.17, 15) is 4.79 Å².